The third kappa shape index (κ3) is 2.53. The van der Waals surface area contributed by atoms with Crippen molar-refractivity contribution in [3.8, 4) is 0 Å². The molecule has 0 radical (unpaired) electrons. The number of amides is 4. The number of rotatable bonds is 4. The van der Waals surface area contributed by atoms with E-state index in [-0.39, 0.29) is 6.54 Å². The van der Waals surface area contributed by atoms with Crippen molar-refractivity contribution in [1.82, 2.24) is 10.2 Å². The predicted molar refractivity (Wildman–Crippen MR) is 51.0 cm³/mol. The summed E-state index contributed by atoms with van der Waals surface area (Å²) in [5.74, 6) is -1.71. The summed E-state index contributed by atoms with van der Waals surface area (Å²) < 4.78 is 5.34. The molecule has 84 valence electrons. The first kappa shape index (κ1) is 11.6. The first-order valence-corrected chi connectivity index (χ1v) is 4.68. The molecule has 1 rings (SSSR count). The summed E-state index contributed by atoms with van der Waals surface area (Å²) in [5.41, 5.74) is -0.646. The average Bonchev–Trinajstić information content (AvgIpc) is 2.32. The molecule has 1 saturated heterocycles. The van der Waals surface area contributed by atoms with E-state index in [0.717, 1.165) is 4.90 Å². The first-order chi connectivity index (χ1) is 6.87. The number of carbonyl (C=O) groups is 3. The van der Waals surface area contributed by atoms with E-state index in [2.05, 4.69) is 0 Å². The number of ether oxygens (including phenoxy) is 1. The summed E-state index contributed by atoms with van der Waals surface area (Å²) in [4.78, 5) is 34.2. The Hall–Kier alpha value is -1.43. The number of hydrogen-bond donors (Lipinski definition) is 1. The first-order valence-electron chi connectivity index (χ1n) is 4.68. The molecule has 0 saturated carbocycles. The van der Waals surface area contributed by atoms with Gasteiger partial charge in [-0.25, -0.2) is 4.79 Å². The Balaban J connectivity index is 2.70. The largest absolute Gasteiger partial charge is 0.374 e. The molecule has 0 bridgehead atoms. The summed E-state index contributed by atoms with van der Waals surface area (Å²) in [6.07, 6.45) is 0. The second kappa shape index (κ2) is 3.98. The molecule has 1 aliphatic heterocycles. The third-order valence-corrected chi connectivity index (χ3v) is 1.98. The predicted octanol–water partition coefficient (Wildman–Crippen LogP) is -0.120. The zero-order valence-corrected chi connectivity index (χ0v) is 8.99. The number of imide groups is 2. The second-order valence-corrected chi connectivity index (χ2v) is 3.84. The zero-order chi connectivity index (χ0) is 11.6. The maximum Gasteiger partial charge on any atom is 0.331 e. The smallest absolute Gasteiger partial charge is 0.331 e. The van der Waals surface area contributed by atoms with Crippen LogP contribution in [0.5, 0.6) is 0 Å². The highest BCUT2D eigenvalue weighted by molar-refractivity contribution is 6.44. The van der Waals surface area contributed by atoms with Crippen LogP contribution in [0.25, 0.3) is 0 Å². The van der Waals surface area contributed by atoms with Gasteiger partial charge in [-0.1, -0.05) is 0 Å². The van der Waals surface area contributed by atoms with Crippen molar-refractivity contribution in [3.05, 3.63) is 0 Å². The fraction of sp³-hybridized carbons (Fsp3) is 0.667. The maximum atomic E-state index is 11.2. The number of carbonyl (C=O) groups excluding carboxylic acids is 3. The Bertz CT molecular complexity index is 311. The molecule has 15 heavy (non-hydrogen) atoms. The number of hydrogen-bond acceptors (Lipinski definition) is 4. The Morgan fingerprint density at radius 2 is 1.93 bits per heavy atom. The van der Waals surface area contributed by atoms with Gasteiger partial charge in [0.1, 0.15) is 0 Å². The highest BCUT2D eigenvalue weighted by atomic mass is 16.5. The minimum atomic E-state index is -0.882. The van der Waals surface area contributed by atoms with E-state index in [0.29, 0.717) is 6.61 Å². The molecule has 6 nitrogen and oxygen atoms in total. The fourth-order valence-electron chi connectivity index (χ4n) is 1.39. The molecule has 0 aromatic heterocycles. The van der Waals surface area contributed by atoms with Gasteiger partial charge in [0.05, 0.1) is 12.1 Å². The summed E-state index contributed by atoms with van der Waals surface area (Å²) in [6.45, 7) is 5.86. The lowest BCUT2D eigenvalue weighted by molar-refractivity contribution is -0.141. The molecular formula is C9H14N2O4. The molecule has 0 unspecified atom stereocenters. The van der Waals surface area contributed by atoms with Crippen LogP contribution < -0.4 is 5.32 Å². The van der Waals surface area contributed by atoms with Crippen LogP contribution in [-0.4, -0.2) is 41.5 Å². The molecule has 0 aliphatic carbocycles. The van der Waals surface area contributed by atoms with Gasteiger partial charge in [0, 0.05) is 6.61 Å². The number of urea groups is 1. The van der Waals surface area contributed by atoms with Crippen LogP contribution in [0.1, 0.15) is 20.8 Å². The lowest BCUT2D eigenvalue weighted by Gasteiger charge is -2.27. The maximum absolute atomic E-state index is 11.2. The van der Waals surface area contributed by atoms with Crippen LogP contribution in [-0.2, 0) is 14.3 Å². The molecule has 6 heteroatoms. The number of nitrogens with one attached hydrogen (secondary N) is 1. The summed E-state index contributed by atoms with van der Waals surface area (Å²) in [6, 6.07) is -0.683. The van der Waals surface area contributed by atoms with E-state index >= 15 is 0 Å². The van der Waals surface area contributed by atoms with E-state index in [1.165, 1.54) is 0 Å². The van der Waals surface area contributed by atoms with Gasteiger partial charge < -0.3 is 4.74 Å². The summed E-state index contributed by atoms with van der Waals surface area (Å²) >= 11 is 0. The summed E-state index contributed by atoms with van der Waals surface area (Å²) in [7, 11) is 0. The third-order valence-electron chi connectivity index (χ3n) is 1.98. The van der Waals surface area contributed by atoms with Crippen LogP contribution in [0.3, 0.4) is 0 Å². The van der Waals surface area contributed by atoms with E-state index in [1.807, 2.05) is 12.2 Å². The topological polar surface area (TPSA) is 75.7 Å². The Kier molecular flexibility index (Phi) is 3.09. The van der Waals surface area contributed by atoms with Gasteiger partial charge in [-0.2, -0.15) is 0 Å². The second-order valence-electron chi connectivity index (χ2n) is 3.84. The van der Waals surface area contributed by atoms with Crippen molar-refractivity contribution in [2.45, 2.75) is 26.4 Å². The van der Waals surface area contributed by atoms with Gasteiger partial charge >= 0.3 is 17.8 Å². The molecule has 0 spiro atoms. The molecule has 1 aliphatic rings. The van der Waals surface area contributed by atoms with Crippen LogP contribution >= 0.6 is 0 Å². The molecular weight excluding hydrogens is 200 g/mol. The van der Waals surface area contributed by atoms with Crippen molar-refractivity contribution in [2.75, 3.05) is 13.2 Å². The average molecular weight is 214 g/mol. The van der Waals surface area contributed by atoms with E-state index in [9.17, 15) is 14.4 Å². The molecule has 0 atom stereocenters. The van der Waals surface area contributed by atoms with Crippen molar-refractivity contribution in [1.29, 1.82) is 0 Å². The lowest BCUT2D eigenvalue weighted by atomic mass is 10.1. The molecule has 1 heterocycles. The van der Waals surface area contributed by atoms with E-state index in [1.54, 1.807) is 13.8 Å². The fourth-order valence-corrected chi connectivity index (χ4v) is 1.39. The lowest BCUT2D eigenvalue weighted by Crippen LogP contribution is -2.44. The van der Waals surface area contributed by atoms with Gasteiger partial charge in [-0.05, 0) is 20.8 Å². The SMILES string of the molecule is CCOC(C)(C)CN1C(=O)NC(=O)C1=O. The standard InChI is InChI=1S/C9H14N2O4/c1-4-15-9(2,3)5-11-7(13)6(12)10-8(11)14/h4-5H2,1-3H3,(H,10,12,14). The van der Waals surface area contributed by atoms with E-state index < -0.39 is 23.4 Å². The Morgan fingerprint density at radius 1 is 1.33 bits per heavy atom. The van der Waals surface area contributed by atoms with E-state index in [4.69, 9.17) is 4.74 Å². The summed E-state index contributed by atoms with van der Waals surface area (Å²) in [5, 5.41) is 1.92. The van der Waals surface area contributed by atoms with Crippen molar-refractivity contribution in [2.24, 2.45) is 0 Å². The number of nitrogens with zero attached hydrogens (tertiary/aromatic N) is 1. The van der Waals surface area contributed by atoms with Crippen molar-refractivity contribution in [3.63, 3.8) is 0 Å². The molecule has 0 aromatic carbocycles. The van der Waals surface area contributed by atoms with Crippen molar-refractivity contribution >= 4 is 17.8 Å². The highest BCUT2D eigenvalue weighted by Gasteiger charge is 2.39. The van der Waals surface area contributed by atoms with Crippen LogP contribution in [0.15, 0.2) is 0 Å². The van der Waals surface area contributed by atoms with Crippen LogP contribution in [0.4, 0.5) is 4.79 Å². The van der Waals surface area contributed by atoms with Crippen LogP contribution in [0, 0.1) is 0 Å². The van der Waals surface area contributed by atoms with Gasteiger partial charge in [0.2, 0.25) is 0 Å². The molecule has 4 amide bonds. The normalized spacial score (nSPS) is 17.3. The molecule has 1 fully saturated rings. The zero-order valence-electron chi connectivity index (χ0n) is 8.99. The Labute approximate surface area is 87.6 Å². The van der Waals surface area contributed by atoms with Gasteiger partial charge in [0.15, 0.2) is 0 Å². The molecule has 0 aromatic rings. The monoisotopic (exact) mass is 214 g/mol. The minimum absolute atomic E-state index is 0.0667. The quantitative estimate of drug-likeness (QED) is 0.523. The Morgan fingerprint density at radius 3 is 2.33 bits per heavy atom. The van der Waals surface area contributed by atoms with Crippen LogP contribution in [0.2, 0.25) is 0 Å². The minimum Gasteiger partial charge on any atom is -0.374 e. The van der Waals surface area contributed by atoms with Gasteiger partial charge in [0.25, 0.3) is 0 Å². The molecule has 1 N–H and O–H groups in total. The van der Waals surface area contributed by atoms with Crippen molar-refractivity contribution < 1.29 is 19.1 Å². The highest BCUT2D eigenvalue weighted by Crippen LogP contribution is 2.13. The van der Waals surface area contributed by atoms with Gasteiger partial charge in [-0.15, -0.1) is 0 Å². The van der Waals surface area contributed by atoms with Gasteiger partial charge in [-0.3, -0.25) is 19.8 Å².